The van der Waals surface area contributed by atoms with E-state index in [1.807, 2.05) is 69.3 Å². The number of likely N-dealkylation sites (tertiary alicyclic amines) is 1. The molecule has 10 heteroatoms. The molecular weight excluding hydrogens is 518 g/mol. The molecule has 1 aliphatic rings. The summed E-state index contributed by atoms with van der Waals surface area (Å²) in [5, 5.41) is 10.7. The van der Waals surface area contributed by atoms with Crippen LogP contribution < -0.4 is 10.1 Å². The number of nitriles is 1. The molecule has 1 saturated heterocycles. The van der Waals surface area contributed by atoms with Crippen LogP contribution in [0, 0.1) is 11.3 Å². The van der Waals surface area contributed by atoms with E-state index in [0.29, 0.717) is 30.8 Å². The van der Waals surface area contributed by atoms with Crippen molar-refractivity contribution in [3.05, 3.63) is 54.1 Å². The van der Waals surface area contributed by atoms with E-state index in [-0.39, 0.29) is 25.2 Å². The van der Waals surface area contributed by atoms with Crippen LogP contribution in [0.4, 0.5) is 4.79 Å². The molecule has 0 aromatic heterocycles. The number of carbonyl (C=O) groups is 2. The number of amides is 2. The zero-order chi connectivity index (χ0) is 28.8. The molecule has 0 radical (unpaired) electrons. The zero-order valence-corrected chi connectivity index (χ0v) is 24.0. The van der Waals surface area contributed by atoms with Crippen molar-refractivity contribution in [1.82, 2.24) is 10.2 Å². The fraction of sp³-hybridized carbons (Fsp3) is 0.483. The van der Waals surface area contributed by atoms with Crippen molar-refractivity contribution in [3.63, 3.8) is 0 Å². The second kappa shape index (κ2) is 12.5. The van der Waals surface area contributed by atoms with Crippen LogP contribution >= 0.6 is 0 Å². The third-order valence-corrected chi connectivity index (χ3v) is 8.17. The van der Waals surface area contributed by atoms with Gasteiger partial charge in [0.05, 0.1) is 23.8 Å². The Morgan fingerprint density at radius 3 is 2.46 bits per heavy atom. The molecule has 0 spiro atoms. The first-order valence-corrected chi connectivity index (χ1v) is 14.9. The van der Waals surface area contributed by atoms with Gasteiger partial charge in [0, 0.05) is 19.2 Å². The van der Waals surface area contributed by atoms with E-state index in [1.54, 1.807) is 17.9 Å². The molecule has 9 nitrogen and oxygen atoms in total. The summed E-state index contributed by atoms with van der Waals surface area (Å²) in [7, 11) is -3.35. The topological polar surface area (TPSA) is 126 Å². The number of carbonyl (C=O) groups excluding carboxylic acids is 2. The minimum Gasteiger partial charge on any atom is -0.488 e. The Hall–Kier alpha value is -3.58. The average Bonchev–Trinajstić information content (AvgIpc) is 3.33. The van der Waals surface area contributed by atoms with Crippen molar-refractivity contribution in [2.45, 2.75) is 63.4 Å². The number of nitrogens with zero attached hydrogens (tertiary/aromatic N) is 2. The third-order valence-electron chi connectivity index (χ3n) is 6.51. The summed E-state index contributed by atoms with van der Waals surface area (Å²) in [6, 6.07) is 16.8. The molecule has 1 N–H and O–H groups in total. The maximum Gasteiger partial charge on any atom is 0.410 e. The first-order valence-electron chi connectivity index (χ1n) is 13.0. The molecule has 3 atom stereocenters. The monoisotopic (exact) mass is 555 g/mol. The standard InChI is InChI=1S/C29H37N3O6S/c1-20(39(5,35)36)16-26(27(33)31-14-13-30)23-10-6-8-21(17-23)22-9-7-11-24(18-22)37-25-12-15-32(19-25)28(34)38-29(2,3)4/h6-11,17-18,20,25-26H,12,14-16,19H2,1-5H3,(H,31,33). The molecule has 210 valence electrons. The van der Waals surface area contributed by atoms with Crippen LogP contribution in [0.5, 0.6) is 5.75 Å². The molecule has 3 unspecified atom stereocenters. The highest BCUT2D eigenvalue weighted by molar-refractivity contribution is 7.91. The van der Waals surface area contributed by atoms with Gasteiger partial charge in [-0.05, 0) is 62.9 Å². The molecule has 3 rings (SSSR count). The molecule has 2 aromatic carbocycles. The van der Waals surface area contributed by atoms with Gasteiger partial charge in [-0.1, -0.05) is 36.4 Å². The van der Waals surface area contributed by atoms with Gasteiger partial charge in [-0.25, -0.2) is 13.2 Å². The lowest BCUT2D eigenvalue weighted by Gasteiger charge is -2.24. The number of nitrogens with one attached hydrogen (secondary N) is 1. The summed E-state index contributed by atoms with van der Waals surface area (Å²) in [5.41, 5.74) is 1.80. The molecule has 0 aliphatic carbocycles. The van der Waals surface area contributed by atoms with Crippen LogP contribution in [-0.2, 0) is 19.4 Å². The van der Waals surface area contributed by atoms with Crippen molar-refractivity contribution in [2.24, 2.45) is 0 Å². The Labute approximate surface area is 231 Å². The van der Waals surface area contributed by atoms with E-state index in [4.69, 9.17) is 14.7 Å². The van der Waals surface area contributed by atoms with Gasteiger partial charge < -0.3 is 19.7 Å². The predicted octanol–water partition coefficient (Wildman–Crippen LogP) is 4.29. The van der Waals surface area contributed by atoms with Crippen LogP contribution in [0.15, 0.2) is 48.5 Å². The summed E-state index contributed by atoms with van der Waals surface area (Å²) in [6.45, 7) is 7.93. The van der Waals surface area contributed by atoms with Crippen molar-refractivity contribution in [1.29, 1.82) is 5.26 Å². The van der Waals surface area contributed by atoms with Crippen molar-refractivity contribution in [2.75, 3.05) is 25.9 Å². The molecular formula is C29H37N3O6S. The SMILES string of the molecule is CC(CC(C(=O)NCC#N)c1cccc(-c2cccc(OC3CCN(C(=O)OC(C)(C)C)C3)c2)c1)S(C)(=O)=O. The van der Waals surface area contributed by atoms with Crippen molar-refractivity contribution >= 4 is 21.8 Å². The highest BCUT2D eigenvalue weighted by atomic mass is 32.2. The minimum atomic E-state index is -3.35. The van der Waals surface area contributed by atoms with Gasteiger partial charge >= 0.3 is 6.09 Å². The highest BCUT2D eigenvalue weighted by Crippen LogP contribution is 2.31. The minimum absolute atomic E-state index is 0.0958. The summed E-state index contributed by atoms with van der Waals surface area (Å²) >= 11 is 0. The van der Waals surface area contributed by atoms with Gasteiger partial charge in [0.15, 0.2) is 0 Å². The first-order chi connectivity index (χ1) is 18.3. The predicted molar refractivity (Wildman–Crippen MR) is 149 cm³/mol. The van der Waals surface area contributed by atoms with E-state index in [2.05, 4.69) is 5.32 Å². The van der Waals surface area contributed by atoms with E-state index in [0.717, 1.165) is 17.4 Å². The number of sulfone groups is 1. The Kier molecular flexibility index (Phi) is 9.62. The van der Waals surface area contributed by atoms with Crippen LogP contribution in [0.2, 0.25) is 0 Å². The van der Waals surface area contributed by atoms with Crippen molar-refractivity contribution in [3.8, 4) is 22.9 Å². The lowest BCUT2D eigenvalue weighted by Crippen LogP contribution is -2.36. The fourth-order valence-electron chi connectivity index (χ4n) is 4.34. The quantitative estimate of drug-likeness (QED) is 0.458. The maximum atomic E-state index is 12.9. The maximum absolute atomic E-state index is 12.9. The van der Waals surface area contributed by atoms with Gasteiger partial charge in [0.25, 0.3) is 0 Å². The van der Waals surface area contributed by atoms with Crippen LogP contribution in [0.3, 0.4) is 0 Å². The van der Waals surface area contributed by atoms with Gasteiger partial charge in [0.1, 0.15) is 33.8 Å². The Balaban J connectivity index is 1.78. The fourth-order valence-corrected chi connectivity index (χ4v) is 4.89. The van der Waals surface area contributed by atoms with Gasteiger partial charge in [-0.2, -0.15) is 5.26 Å². The van der Waals surface area contributed by atoms with Crippen molar-refractivity contribution < 1.29 is 27.5 Å². The van der Waals surface area contributed by atoms with Crippen LogP contribution in [0.1, 0.15) is 52.0 Å². The lowest BCUT2D eigenvalue weighted by molar-refractivity contribution is -0.122. The highest BCUT2D eigenvalue weighted by Gasteiger charge is 2.31. The molecule has 1 aliphatic heterocycles. The molecule has 0 bridgehead atoms. The Morgan fingerprint density at radius 1 is 1.15 bits per heavy atom. The molecule has 2 aromatic rings. The summed E-state index contributed by atoms with van der Waals surface area (Å²) < 4.78 is 35.8. The largest absolute Gasteiger partial charge is 0.488 e. The molecule has 1 heterocycles. The van der Waals surface area contributed by atoms with Gasteiger partial charge in [0.2, 0.25) is 5.91 Å². The van der Waals surface area contributed by atoms with Crippen LogP contribution in [0.25, 0.3) is 11.1 Å². The number of ether oxygens (including phenoxy) is 2. The summed E-state index contributed by atoms with van der Waals surface area (Å²) in [6.07, 6.45) is 1.43. The second-order valence-corrected chi connectivity index (χ2v) is 13.4. The number of hydrogen-bond donors (Lipinski definition) is 1. The number of rotatable bonds is 9. The molecule has 39 heavy (non-hydrogen) atoms. The average molecular weight is 556 g/mol. The lowest BCUT2D eigenvalue weighted by atomic mass is 9.91. The summed E-state index contributed by atoms with van der Waals surface area (Å²) in [4.78, 5) is 26.9. The zero-order valence-electron chi connectivity index (χ0n) is 23.1. The summed E-state index contributed by atoms with van der Waals surface area (Å²) in [5.74, 6) is -0.472. The first kappa shape index (κ1) is 30.0. The van der Waals surface area contributed by atoms with E-state index < -0.39 is 32.5 Å². The van der Waals surface area contributed by atoms with Crippen LogP contribution in [-0.4, -0.2) is 68.2 Å². The Morgan fingerprint density at radius 2 is 1.82 bits per heavy atom. The molecule has 0 saturated carbocycles. The van der Waals surface area contributed by atoms with E-state index >= 15 is 0 Å². The van der Waals surface area contributed by atoms with E-state index in [9.17, 15) is 18.0 Å². The number of benzene rings is 2. The third kappa shape index (κ3) is 8.72. The molecule has 2 amide bonds. The Bertz CT molecular complexity index is 1330. The van der Waals surface area contributed by atoms with Gasteiger partial charge in [-0.3, -0.25) is 4.79 Å². The van der Waals surface area contributed by atoms with Gasteiger partial charge in [-0.15, -0.1) is 0 Å². The number of hydrogen-bond acceptors (Lipinski definition) is 7. The van der Waals surface area contributed by atoms with E-state index in [1.165, 1.54) is 0 Å². The normalized spacial score (nSPS) is 17.1. The second-order valence-electron chi connectivity index (χ2n) is 10.9. The molecule has 1 fully saturated rings. The smallest absolute Gasteiger partial charge is 0.410 e.